The monoisotopic (exact) mass is 202 g/mol. The van der Waals surface area contributed by atoms with Crippen LogP contribution >= 0.6 is 11.6 Å². The Bertz CT molecular complexity index is 376. The number of carbonyl (C=O) groups excluding carboxylic acids is 1. The number of carboxylic acids is 1. The molecular weight excluding hydrogens is 199 g/mol. The Morgan fingerprint density at radius 1 is 1.54 bits per heavy atom. The SMILES string of the molecule is O=Cc1cc(C(=O)O)c(F)cc1Cl. The molecule has 0 atom stereocenters. The van der Waals surface area contributed by atoms with E-state index in [1.165, 1.54) is 0 Å². The van der Waals surface area contributed by atoms with Crippen LogP contribution in [0.1, 0.15) is 20.7 Å². The molecule has 0 amide bonds. The van der Waals surface area contributed by atoms with Crippen molar-refractivity contribution >= 4 is 23.9 Å². The molecular formula is C8H4ClFO3. The van der Waals surface area contributed by atoms with Crippen molar-refractivity contribution in [3.8, 4) is 0 Å². The van der Waals surface area contributed by atoms with E-state index >= 15 is 0 Å². The maximum absolute atomic E-state index is 12.8. The predicted molar refractivity (Wildman–Crippen MR) is 43.8 cm³/mol. The van der Waals surface area contributed by atoms with Crippen molar-refractivity contribution in [2.75, 3.05) is 0 Å². The van der Waals surface area contributed by atoms with Crippen molar-refractivity contribution in [3.63, 3.8) is 0 Å². The summed E-state index contributed by atoms with van der Waals surface area (Å²) in [5.74, 6) is -2.39. The van der Waals surface area contributed by atoms with Crippen LogP contribution in [0.15, 0.2) is 12.1 Å². The zero-order valence-corrected chi connectivity index (χ0v) is 7.01. The molecule has 0 saturated heterocycles. The van der Waals surface area contributed by atoms with Crippen molar-refractivity contribution in [1.29, 1.82) is 0 Å². The Kier molecular flexibility index (Phi) is 2.63. The van der Waals surface area contributed by atoms with Gasteiger partial charge < -0.3 is 5.11 Å². The van der Waals surface area contributed by atoms with E-state index in [1.54, 1.807) is 0 Å². The highest BCUT2D eigenvalue weighted by Crippen LogP contribution is 2.19. The van der Waals surface area contributed by atoms with Crippen molar-refractivity contribution in [2.24, 2.45) is 0 Å². The van der Waals surface area contributed by atoms with E-state index in [-0.39, 0.29) is 10.6 Å². The van der Waals surface area contributed by atoms with E-state index in [0.717, 1.165) is 12.1 Å². The summed E-state index contributed by atoms with van der Waals surface area (Å²) in [6.45, 7) is 0. The van der Waals surface area contributed by atoms with Gasteiger partial charge >= 0.3 is 5.97 Å². The largest absolute Gasteiger partial charge is 0.478 e. The molecule has 13 heavy (non-hydrogen) atoms. The molecule has 1 rings (SSSR count). The molecule has 0 fully saturated rings. The van der Waals surface area contributed by atoms with Crippen LogP contribution in [-0.4, -0.2) is 17.4 Å². The molecule has 3 nitrogen and oxygen atoms in total. The highest BCUT2D eigenvalue weighted by Gasteiger charge is 2.13. The maximum Gasteiger partial charge on any atom is 0.338 e. The average molecular weight is 203 g/mol. The second-order valence-corrected chi connectivity index (χ2v) is 2.68. The van der Waals surface area contributed by atoms with Gasteiger partial charge in [-0.2, -0.15) is 0 Å². The van der Waals surface area contributed by atoms with Crippen LogP contribution in [0.5, 0.6) is 0 Å². The Hall–Kier alpha value is -1.42. The van der Waals surface area contributed by atoms with Crippen molar-refractivity contribution in [1.82, 2.24) is 0 Å². The van der Waals surface area contributed by atoms with Crippen LogP contribution in [0.3, 0.4) is 0 Å². The van der Waals surface area contributed by atoms with Crippen LogP contribution in [0, 0.1) is 5.82 Å². The summed E-state index contributed by atoms with van der Waals surface area (Å²) >= 11 is 5.44. The molecule has 0 aromatic heterocycles. The fraction of sp³-hybridized carbons (Fsp3) is 0. The van der Waals surface area contributed by atoms with Gasteiger partial charge in [0.15, 0.2) is 6.29 Å². The highest BCUT2D eigenvalue weighted by atomic mass is 35.5. The Labute approximate surface area is 77.7 Å². The van der Waals surface area contributed by atoms with Gasteiger partial charge in [0.2, 0.25) is 0 Å². The first-order valence-electron chi connectivity index (χ1n) is 3.23. The number of rotatable bonds is 2. The van der Waals surface area contributed by atoms with Gasteiger partial charge in [0.1, 0.15) is 5.82 Å². The molecule has 0 aliphatic carbocycles. The number of hydrogen-bond acceptors (Lipinski definition) is 2. The lowest BCUT2D eigenvalue weighted by atomic mass is 10.1. The van der Waals surface area contributed by atoms with Gasteiger partial charge in [-0.3, -0.25) is 4.79 Å². The summed E-state index contributed by atoms with van der Waals surface area (Å²) in [7, 11) is 0. The van der Waals surface area contributed by atoms with Gasteiger partial charge in [0.25, 0.3) is 0 Å². The minimum absolute atomic E-state index is 0.0412. The van der Waals surface area contributed by atoms with Gasteiger partial charge in [0.05, 0.1) is 10.6 Å². The van der Waals surface area contributed by atoms with Gasteiger partial charge in [-0.05, 0) is 12.1 Å². The van der Waals surface area contributed by atoms with Gasteiger partial charge in [-0.1, -0.05) is 11.6 Å². The molecule has 0 bridgehead atoms. The highest BCUT2D eigenvalue weighted by molar-refractivity contribution is 6.33. The van der Waals surface area contributed by atoms with E-state index in [0.29, 0.717) is 6.29 Å². The first-order chi connectivity index (χ1) is 6.06. The van der Waals surface area contributed by atoms with E-state index < -0.39 is 17.3 Å². The zero-order valence-electron chi connectivity index (χ0n) is 6.25. The molecule has 0 spiro atoms. The quantitative estimate of drug-likeness (QED) is 0.747. The minimum atomic E-state index is -1.43. The smallest absolute Gasteiger partial charge is 0.338 e. The summed E-state index contributed by atoms with van der Waals surface area (Å²) < 4.78 is 12.8. The molecule has 0 aliphatic heterocycles. The molecule has 0 radical (unpaired) electrons. The molecule has 1 aromatic carbocycles. The first-order valence-corrected chi connectivity index (χ1v) is 3.61. The van der Waals surface area contributed by atoms with Crippen LogP contribution in [0.25, 0.3) is 0 Å². The normalized spacial score (nSPS) is 9.69. The van der Waals surface area contributed by atoms with Crippen molar-refractivity contribution < 1.29 is 19.1 Å². The second-order valence-electron chi connectivity index (χ2n) is 2.28. The standard InChI is InChI=1S/C8H4ClFO3/c9-6-2-7(10)5(8(12)13)1-4(6)3-11/h1-3H,(H,12,13). The Balaban J connectivity index is 3.38. The molecule has 5 heteroatoms. The summed E-state index contributed by atoms with van der Waals surface area (Å²) in [5, 5.41) is 8.38. The predicted octanol–water partition coefficient (Wildman–Crippen LogP) is 1.99. The van der Waals surface area contributed by atoms with Crippen LogP contribution in [-0.2, 0) is 0 Å². The number of benzene rings is 1. The third-order valence-corrected chi connectivity index (χ3v) is 1.77. The Morgan fingerprint density at radius 2 is 2.15 bits per heavy atom. The lowest BCUT2D eigenvalue weighted by molar-refractivity contribution is 0.0692. The Morgan fingerprint density at radius 3 is 2.62 bits per heavy atom. The number of aromatic carboxylic acids is 1. The van der Waals surface area contributed by atoms with E-state index in [9.17, 15) is 14.0 Å². The van der Waals surface area contributed by atoms with Crippen molar-refractivity contribution in [2.45, 2.75) is 0 Å². The number of halogens is 2. The van der Waals surface area contributed by atoms with E-state index in [1.807, 2.05) is 0 Å². The van der Waals surface area contributed by atoms with E-state index in [4.69, 9.17) is 16.7 Å². The molecule has 1 aromatic rings. The van der Waals surface area contributed by atoms with Crippen LogP contribution in [0.2, 0.25) is 5.02 Å². The zero-order chi connectivity index (χ0) is 10.0. The molecule has 0 saturated carbocycles. The fourth-order valence-corrected chi connectivity index (χ4v) is 1.01. The maximum atomic E-state index is 12.8. The summed E-state index contributed by atoms with van der Waals surface area (Å²) in [6, 6.07) is 1.70. The van der Waals surface area contributed by atoms with Gasteiger partial charge in [-0.15, -0.1) is 0 Å². The number of hydrogen-bond donors (Lipinski definition) is 1. The number of aldehydes is 1. The molecule has 0 heterocycles. The second kappa shape index (κ2) is 3.53. The van der Waals surface area contributed by atoms with Gasteiger partial charge in [-0.25, -0.2) is 9.18 Å². The third-order valence-electron chi connectivity index (χ3n) is 1.44. The molecule has 1 N–H and O–H groups in total. The summed E-state index contributed by atoms with van der Waals surface area (Å²) in [4.78, 5) is 20.7. The third kappa shape index (κ3) is 1.84. The fourth-order valence-electron chi connectivity index (χ4n) is 0.820. The first kappa shape index (κ1) is 9.67. The molecule has 0 aliphatic rings. The number of carbonyl (C=O) groups is 2. The number of carboxylic acid groups (broad SMARTS) is 1. The van der Waals surface area contributed by atoms with Crippen molar-refractivity contribution in [3.05, 3.63) is 34.1 Å². The lowest BCUT2D eigenvalue weighted by Gasteiger charge is -2.00. The molecule has 0 unspecified atom stereocenters. The van der Waals surface area contributed by atoms with E-state index in [2.05, 4.69) is 0 Å². The lowest BCUT2D eigenvalue weighted by Crippen LogP contribution is -2.02. The summed E-state index contributed by atoms with van der Waals surface area (Å²) in [6.07, 6.45) is 0.369. The molecule has 68 valence electrons. The average Bonchev–Trinajstić information content (AvgIpc) is 2.03. The van der Waals surface area contributed by atoms with Gasteiger partial charge in [0, 0.05) is 5.56 Å². The minimum Gasteiger partial charge on any atom is -0.478 e. The summed E-state index contributed by atoms with van der Waals surface area (Å²) in [5.41, 5.74) is -0.605. The van der Waals surface area contributed by atoms with Crippen LogP contribution in [0.4, 0.5) is 4.39 Å². The van der Waals surface area contributed by atoms with Crippen LogP contribution < -0.4 is 0 Å². The topological polar surface area (TPSA) is 54.4 Å².